The Bertz CT molecular complexity index is 2550. The van der Waals surface area contributed by atoms with E-state index >= 15 is 0 Å². The van der Waals surface area contributed by atoms with Gasteiger partial charge in [0.2, 0.25) is 0 Å². The largest absolute Gasteiger partial charge is 0.375 e. The molecule has 0 saturated carbocycles. The van der Waals surface area contributed by atoms with Crippen molar-refractivity contribution >= 4 is 16.2 Å². The molecule has 0 bridgehead atoms. The second-order valence-electron chi connectivity index (χ2n) is 16.4. The number of amides is 1. The first-order valence-electron chi connectivity index (χ1n) is 21.3. The van der Waals surface area contributed by atoms with Crippen molar-refractivity contribution in [2.24, 2.45) is 0 Å². The second-order valence-corrected chi connectivity index (χ2v) is 17.7. The minimum atomic E-state index is -4.86. The third-order valence-electron chi connectivity index (χ3n) is 11.2. The number of aromatic nitrogens is 2. The van der Waals surface area contributed by atoms with Gasteiger partial charge in [0.1, 0.15) is 42.7 Å². The van der Waals surface area contributed by atoms with Crippen molar-refractivity contribution in [3.8, 4) is 0 Å². The van der Waals surface area contributed by atoms with Crippen LogP contribution in [0.4, 0.5) is 0 Å². The zero-order valence-electron chi connectivity index (χ0n) is 35.8. The summed E-state index contributed by atoms with van der Waals surface area (Å²) in [6, 6.07) is 37.1. The number of aromatic amines is 1. The van der Waals surface area contributed by atoms with E-state index in [1.54, 1.807) is 13.8 Å². The lowest BCUT2D eigenvalue weighted by molar-refractivity contribution is -0.199. The van der Waals surface area contributed by atoms with E-state index in [0.717, 1.165) is 32.9 Å². The lowest BCUT2D eigenvalue weighted by Gasteiger charge is -2.46. The van der Waals surface area contributed by atoms with Crippen molar-refractivity contribution in [3.05, 3.63) is 177 Å². The van der Waals surface area contributed by atoms with E-state index in [4.69, 9.17) is 37.3 Å². The molecule has 65 heavy (non-hydrogen) atoms. The van der Waals surface area contributed by atoms with Gasteiger partial charge in [-0.2, -0.15) is 8.42 Å². The van der Waals surface area contributed by atoms with Crippen LogP contribution in [-0.2, 0) is 78.9 Å². The molecule has 8 rings (SSSR count). The van der Waals surface area contributed by atoms with Crippen molar-refractivity contribution in [2.75, 3.05) is 13.2 Å². The first-order chi connectivity index (χ1) is 31.4. The highest BCUT2D eigenvalue weighted by Crippen LogP contribution is 2.42. The molecule has 1 amide bonds. The SMILES string of the molecule is CC1(C)O[C@@H]2[C@H](O1)[C@@H](COS(=O)(=O)NC(=O)[C@H]1N[C@@H](COCc3ccccc3)[C@H](OCc3ccccc3)[C@H](OCc3ccccc3)[C@H]1OCc1ccccc1)O[C@H]2n1ccc(=O)[nH]c1=O. The summed E-state index contributed by atoms with van der Waals surface area (Å²) >= 11 is 0. The minimum Gasteiger partial charge on any atom is -0.375 e. The Kier molecular flexibility index (Phi) is 14.8. The van der Waals surface area contributed by atoms with E-state index in [-0.39, 0.29) is 33.0 Å². The number of carbonyl (C=O) groups is 1. The van der Waals surface area contributed by atoms with Crippen LogP contribution in [0, 0.1) is 0 Å². The number of ether oxygens (including phenoxy) is 7. The Balaban J connectivity index is 1.06. The van der Waals surface area contributed by atoms with E-state index in [9.17, 15) is 22.8 Å². The summed E-state index contributed by atoms with van der Waals surface area (Å²) < 4.78 is 80.7. The summed E-state index contributed by atoms with van der Waals surface area (Å²) in [5.74, 6) is -2.12. The van der Waals surface area contributed by atoms with Crippen LogP contribution in [0.5, 0.6) is 0 Å². The lowest BCUT2D eigenvalue weighted by Crippen LogP contribution is -2.71. The van der Waals surface area contributed by atoms with Gasteiger partial charge in [0.25, 0.3) is 11.5 Å². The van der Waals surface area contributed by atoms with E-state index in [0.29, 0.717) is 0 Å². The molecule has 0 spiro atoms. The molecular formula is C47H52N4O13S. The van der Waals surface area contributed by atoms with Gasteiger partial charge in [0.05, 0.1) is 45.7 Å². The monoisotopic (exact) mass is 912 g/mol. The maximum Gasteiger partial charge on any atom is 0.362 e. The van der Waals surface area contributed by atoms with E-state index in [2.05, 4.69) is 15.0 Å². The van der Waals surface area contributed by atoms with Gasteiger partial charge < -0.3 is 33.2 Å². The summed E-state index contributed by atoms with van der Waals surface area (Å²) in [6.07, 6.45) is -5.55. The third kappa shape index (κ3) is 11.9. The Labute approximate surface area is 376 Å². The summed E-state index contributed by atoms with van der Waals surface area (Å²) in [5, 5.41) is 3.33. The molecule has 3 aliphatic rings. The molecule has 18 heteroatoms. The highest BCUT2D eigenvalue weighted by atomic mass is 32.2. The van der Waals surface area contributed by atoms with Gasteiger partial charge in [0.15, 0.2) is 12.0 Å². The maximum atomic E-state index is 14.6. The first kappa shape index (κ1) is 46.2. The molecule has 4 aromatic carbocycles. The smallest absolute Gasteiger partial charge is 0.362 e. The Hall–Kier alpha value is -5.38. The fraction of sp³-hybridized carbons (Fsp3) is 0.383. The van der Waals surface area contributed by atoms with Gasteiger partial charge in [-0.05, 0) is 36.1 Å². The summed E-state index contributed by atoms with van der Waals surface area (Å²) in [7, 11) is -4.86. The predicted molar refractivity (Wildman–Crippen MR) is 234 cm³/mol. The van der Waals surface area contributed by atoms with E-state index < -0.39 is 94.8 Å². The zero-order valence-corrected chi connectivity index (χ0v) is 36.6. The molecule has 0 unspecified atom stereocenters. The van der Waals surface area contributed by atoms with Crippen molar-refractivity contribution < 1.29 is 50.6 Å². The number of nitrogens with zero attached hydrogens (tertiary/aromatic N) is 1. The molecule has 3 saturated heterocycles. The number of nitrogens with one attached hydrogen (secondary N) is 3. The molecular weight excluding hydrogens is 861 g/mol. The molecule has 0 radical (unpaired) electrons. The van der Waals surface area contributed by atoms with Gasteiger partial charge in [0, 0.05) is 12.3 Å². The van der Waals surface area contributed by atoms with Crippen LogP contribution >= 0.6 is 0 Å². The number of hydrogen-bond donors (Lipinski definition) is 3. The summed E-state index contributed by atoms with van der Waals surface area (Å²) in [4.78, 5) is 41.3. The summed E-state index contributed by atoms with van der Waals surface area (Å²) in [5.41, 5.74) is 2.11. The molecule has 1 aromatic heterocycles. The zero-order chi connectivity index (χ0) is 45.4. The van der Waals surface area contributed by atoms with Gasteiger partial charge in [-0.3, -0.25) is 28.6 Å². The molecule has 3 aliphatic heterocycles. The number of rotatable bonds is 19. The number of H-pyrrole nitrogens is 1. The van der Waals surface area contributed by atoms with Crippen molar-refractivity contribution in [1.82, 2.24) is 19.6 Å². The van der Waals surface area contributed by atoms with Crippen molar-refractivity contribution in [1.29, 1.82) is 0 Å². The number of carbonyl (C=O) groups excluding carboxylic acids is 1. The average molecular weight is 913 g/mol. The number of fused-ring (bicyclic) bond motifs is 1. The van der Waals surface area contributed by atoms with E-state index in [1.807, 2.05) is 121 Å². The van der Waals surface area contributed by atoms with Crippen LogP contribution in [0.25, 0.3) is 0 Å². The standard InChI is InChI=1S/C47H52N4O13S/c1-47(2)63-40-36(62-45(43(40)64-47)51-24-23-37(52)49-46(51)54)30-61-65(55,56)50-44(53)38-41(59-27-33-19-11-5-12-20-33)42(60-28-34-21-13-6-14-22-34)39(58-26-32-17-9-4-10-18-32)35(48-38)29-57-25-31-15-7-3-8-16-31/h3-24,35-36,38-43,45,48H,25-30H2,1-2H3,(H,50,53)(H,49,52,54)/t35-,36+,38-,39-,40+,41-,42-,43+,45+/m0/s1. The van der Waals surface area contributed by atoms with Gasteiger partial charge in [-0.1, -0.05) is 121 Å². The second kappa shape index (κ2) is 20.8. The first-order valence-corrected chi connectivity index (χ1v) is 22.7. The fourth-order valence-corrected chi connectivity index (χ4v) is 8.93. The van der Waals surface area contributed by atoms with Gasteiger partial charge >= 0.3 is 16.0 Å². The lowest BCUT2D eigenvalue weighted by atomic mass is 9.89. The Morgan fingerprint density at radius 3 is 1.74 bits per heavy atom. The van der Waals surface area contributed by atoms with Crippen molar-refractivity contribution in [2.45, 2.75) is 101 Å². The minimum absolute atomic E-state index is 0.0392. The quantitative estimate of drug-likeness (QED) is 0.108. The third-order valence-corrected chi connectivity index (χ3v) is 12.1. The van der Waals surface area contributed by atoms with Gasteiger partial charge in [-0.25, -0.2) is 9.52 Å². The van der Waals surface area contributed by atoms with Crippen LogP contribution in [0.2, 0.25) is 0 Å². The van der Waals surface area contributed by atoms with Crippen molar-refractivity contribution in [3.63, 3.8) is 0 Å². The Morgan fingerprint density at radius 1 is 0.677 bits per heavy atom. The van der Waals surface area contributed by atoms with Crippen LogP contribution in [-0.4, -0.2) is 91.6 Å². The highest BCUT2D eigenvalue weighted by Gasteiger charge is 2.57. The predicted octanol–water partition coefficient (Wildman–Crippen LogP) is 3.65. The molecule has 344 valence electrons. The Morgan fingerprint density at radius 2 is 1.18 bits per heavy atom. The number of benzene rings is 4. The normalized spacial score (nSPS) is 26.1. The molecule has 3 N–H and O–H groups in total. The summed E-state index contributed by atoms with van der Waals surface area (Å²) in [6.45, 7) is 3.34. The molecule has 17 nitrogen and oxygen atoms in total. The van der Waals surface area contributed by atoms with Crippen LogP contribution in [0.3, 0.4) is 0 Å². The van der Waals surface area contributed by atoms with Crippen LogP contribution in [0.1, 0.15) is 42.3 Å². The molecule has 9 atom stereocenters. The maximum absolute atomic E-state index is 14.6. The van der Waals surface area contributed by atoms with Gasteiger partial charge in [-0.15, -0.1) is 0 Å². The number of hydrogen-bond acceptors (Lipinski definition) is 14. The van der Waals surface area contributed by atoms with Crippen LogP contribution in [0.15, 0.2) is 143 Å². The number of piperidine rings is 1. The fourth-order valence-electron chi connectivity index (χ4n) is 8.18. The van der Waals surface area contributed by atoms with E-state index in [1.165, 1.54) is 6.20 Å². The average Bonchev–Trinajstić information content (AvgIpc) is 3.80. The molecule has 4 heterocycles. The van der Waals surface area contributed by atoms with Crippen LogP contribution < -0.4 is 21.3 Å². The molecule has 0 aliphatic carbocycles. The molecule has 3 fully saturated rings. The topological polar surface area (TPSA) is 204 Å². The molecule has 5 aromatic rings. The highest BCUT2D eigenvalue weighted by molar-refractivity contribution is 7.85.